The third-order valence-electron chi connectivity index (χ3n) is 1.93. The molecule has 0 aromatic carbocycles. The summed E-state index contributed by atoms with van der Waals surface area (Å²) in [5, 5.41) is 17.5. The van der Waals surface area contributed by atoms with Crippen LogP contribution < -0.4 is 0 Å². The maximum atomic E-state index is 10.8. The lowest BCUT2D eigenvalue weighted by Gasteiger charge is -2.06. The Labute approximate surface area is 80.0 Å². The molecule has 0 saturated heterocycles. The second-order valence-corrected chi connectivity index (χ2v) is 2.90. The first kappa shape index (κ1) is 10.2. The highest BCUT2D eigenvalue weighted by molar-refractivity contribution is 5.96. The molecule has 74 valence electrons. The Hall–Kier alpha value is -1.91. The second kappa shape index (κ2) is 3.45. The van der Waals surface area contributed by atoms with Crippen molar-refractivity contribution in [1.82, 2.24) is 4.98 Å². The monoisotopic (exact) mass is 195 g/mol. The molecule has 0 aliphatic carbocycles. The number of pyridine rings is 1. The zero-order valence-electron chi connectivity index (χ0n) is 7.74. The highest BCUT2D eigenvalue weighted by Crippen LogP contribution is 2.15. The number of hydrogen-bond donors (Lipinski definition) is 2. The number of rotatable bonds is 2. The van der Waals surface area contributed by atoms with Gasteiger partial charge in [-0.15, -0.1) is 0 Å². The Balaban J connectivity index is 3.49. The Morgan fingerprint density at radius 1 is 1.21 bits per heavy atom. The highest BCUT2D eigenvalue weighted by atomic mass is 16.4. The van der Waals surface area contributed by atoms with Crippen molar-refractivity contribution in [2.24, 2.45) is 0 Å². The van der Waals surface area contributed by atoms with E-state index in [2.05, 4.69) is 4.98 Å². The second-order valence-electron chi connectivity index (χ2n) is 2.90. The van der Waals surface area contributed by atoms with Crippen molar-refractivity contribution in [1.29, 1.82) is 0 Å². The van der Waals surface area contributed by atoms with Crippen LogP contribution in [-0.4, -0.2) is 27.1 Å². The molecule has 0 atom stereocenters. The van der Waals surface area contributed by atoms with Crippen molar-refractivity contribution in [3.63, 3.8) is 0 Å². The summed E-state index contributed by atoms with van der Waals surface area (Å²) < 4.78 is 0. The summed E-state index contributed by atoms with van der Waals surface area (Å²) in [6, 6.07) is 0. The number of nitrogens with zero attached hydrogens (tertiary/aromatic N) is 1. The highest BCUT2D eigenvalue weighted by Gasteiger charge is 2.18. The molecule has 0 amide bonds. The smallest absolute Gasteiger partial charge is 0.354 e. The normalized spacial score (nSPS) is 9.86. The van der Waals surface area contributed by atoms with Crippen molar-refractivity contribution in [2.75, 3.05) is 0 Å². The molecule has 0 bridgehead atoms. The van der Waals surface area contributed by atoms with E-state index in [1.165, 1.54) is 13.1 Å². The van der Waals surface area contributed by atoms with E-state index < -0.39 is 11.9 Å². The van der Waals surface area contributed by atoms with E-state index in [0.717, 1.165) is 0 Å². The van der Waals surface area contributed by atoms with Gasteiger partial charge in [-0.2, -0.15) is 0 Å². The summed E-state index contributed by atoms with van der Waals surface area (Å²) >= 11 is 0. The van der Waals surface area contributed by atoms with Crippen molar-refractivity contribution < 1.29 is 19.8 Å². The largest absolute Gasteiger partial charge is 0.478 e. The van der Waals surface area contributed by atoms with Crippen LogP contribution in [0.2, 0.25) is 0 Å². The first-order valence-electron chi connectivity index (χ1n) is 3.88. The van der Waals surface area contributed by atoms with E-state index in [4.69, 9.17) is 10.2 Å². The van der Waals surface area contributed by atoms with Crippen LogP contribution in [0.3, 0.4) is 0 Å². The fraction of sp³-hybridized carbons (Fsp3) is 0.222. The third kappa shape index (κ3) is 1.56. The van der Waals surface area contributed by atoms with E-state index in [1.54, 1.807) is 6.92 Å². The number of carbonyl (C=O) groups is 2. The average Bonchev–Trinajstić information content (AvgIpc) is 2.02. The number of carboxylic acid groups (broad SMARTS) is 2. The van der Waals surface area contributed by atoms with Gasteiger partial charge in [0.2, 0.25) is 0 Å². The lowest BCUT2D eigenvalue weighted by Crippen LogP contribution is -2.11. The van der Waals surface area contributed by atoms with Gasteiger partial charge in [0.15, 0.2) is 5.69 Å². The number of carboxylic acids is 2. The zero-order valence-corrected chi connectivity index (χ0v) is 7.74. The topological polar surface area (TPSA) is 87.5 Å². The van der Waals surface area contributed by atoms with Crippen molar-refractivity contribution in [3.8, 4) is 0 Å². The zero-order chi connectivity index (χ0) is 10.9. The minimum absolute atomic E-state index is 0.0115. The molecule has 2 N–H and O–H groups in total. The molecule has 1 aromatic heterocycles. The van der Waals surface area contributed by atoms with E-state index >= 15 is 0 Å². The lowest BCUT2D eigenvalue weighted by atomic mass is 10.0. The van der Waals surface area contributed by atoms with E-state index in [0.29, 0.717) is 5.56 Å². The molecule has 0 fully saturated rings. The molecule has 0 unspecified atom stereocenters. The van der Waals surface area contributed by atoms with E-state index in [-0.39, 0.29) is 16.8 Å². The number of hydrogen-bond acceptors (Lipinski definition) is 3. The maximum absolute atomic E-state index is 10.8. The summed E-state index contributed by atoms with van der Waals surface area (Å²) in [7, 11) is 0. The van der Waals surface area contributed by atoms with Gasteiger partial charge in [0.05, 0.1) is 5.56 Å². The van der Waals surface area contributed by atoms with Crippen molar-refractivity contribution in [2.45, 2.75) is 13.8 Å². The summed E-state index contributed by atoms with van der Waals surface area (Å²) in [5.74, 6) is -2.35. The predicted molar refractivity (Wildman–Crippen MR) is 47.6 cm³/mol. The first-order valence-corrected chi connectivity index (χ1v) is 3.88. The van der Waals surface area contributed by atoms with E-state index in [9.17, 15) is 9.59 Å². The number of aromatic carboxylic acids is 2. The van der Waals surface area contributed by atoms with Crippen LogP contribution in [-0.2, 0) is 0 Å². The summed E-state index contributed by atoms with van der Waals surface area (Å²) in [6.45, 7) is 3.02. The van der Waals surface area contributed by atoms with Gasteiger partial charge >= 0.3 is 11.9 Å². The fourth-order valence-electron chi connectivity index (χ4n) is 1.28. The van der Waals surface area contributed by atoms with Gasteiger partial charge in [-0.05, 0) is 25.0 Å². The molecule has 0 saturated carbocycles. The van der Waals surface area contributed by atoms with Gasteiger partial charge in [-0.25, -0.2) is 14.6 Å². The molecule has 0 spiro atoms. The number of aromatic nitrogens is 1. The van der Waals surface area contributed by atoms with Crippen LogP contribution >= 0.6 is 0 Å². The molecule has 1 aromatic rings. The first-order chi connectivity index (χ1) is 6.45. The summed E-state index contributed by atoms with van der Waals surface area (Å²) in [4.78, 5) is 25.1. The average molecular weight is 195 g/mol. The van der Waals surface area contributed by atoms with Gasteiger partial charge in [-0.3, -0.25) is 0 Å². The van der Waals surface area contributed by atoms with Gasteiger partial charge < -0.3 is 10.2 Å². The van der Waals surface area contributed by atoms with E-state index in [1.807, 2.05) is 0 Å². The molecular weight excluding hydrogens is 186 g/mol. The van der Waals surface area contributed by atoms with Crippen LogP contribution in [0.15, 0.2) is 6.20 Å². The number of aryl methyl sites for hydroxylation is 1. The molecule has 5 nitrogen and oxygen atoms in total. The SMILES string of the molecule is Cc1cnc(C(=O)O)c(C)c1C(=O)O. The molecule has 14 heavy (non-hydrogen) atoms. The Morgan fingerprint density at radius 2 is 1.79 bits per heavy atom. The molecule has 0 aliphatic heterocycles. The van der Waals surface area contributed by atoms with Crippen LogP contribution in [0.5, 0.6) is 0 Å². The van der Waals surface area contributed by atoms with Crippen molar-refractivity contribution in [3.05, 3.63) is 28.6 Å². The van der Waals surface area contributed by atoms with Crippen LogP contribution in [0, 0.1) is 13.8 Å². The van der Waals surface area contributed by atoms with Gasteiger partial charge in [-0.1, -0.05) is 0 Å². The quantitative estimate of drug-likeness (QED) is 0.737. The van der Waals surface area contributed by atoms with Gasteiger partial charge in [0.25, 0.3) is 0 Å². The fourth-order valence-corrected chi connectivity index (χ4v) is 1.28. The molecule has 0 aliphatic rings. The maximum Gasteiger partial charge on any atom is 0.354 e. The molecule has 0 radical (unpaired) electrons. The minimum atomic E-state index is -1.22. The van der Waals surface area contributed by atoms with Gasteiger partial charge in [0, 0.05) is 6.20 Å². The standard InChI is InChI=1S/C9H9NO4/c1-4-3-10-7(9(13)14)5(2)6(4)8(11)12/h3H,1-2H3,(H,11,12)(H,13,14). The predicted octanol–water partition coefficient (Wildman–Crippen LogP) is 1.09. The van der Waals surface area contributed by atoms with Crippen molar-refractivity contribution >= 4 is 11.9 Å². The van der Waals surface area contributed by atoms with Crippen LogP contribution in [0.25, 0.3) is 0 Å². The Kier molecular flexibility index (Phi) is 2.51. The Morgan fingerprint density at radius 3 is 2.21 bits per heavy atom. The summed E-state index contributed by atoms with van der Waals surface area (Å²) in [5.41, 5.74) is 0.440. The van der Waals surface area contributed by atoms with Crippen LogP contribution in [0.1, 0.15) is 32.0 Å². The molecule has 5 heteroatoms. The third-order valence-corrected chi connectivity index (χ3v) is 1.93. The summed E-state index contributed by atoms with van der Waals surface area (Å²) in [6.07, 6.45) is 1.25. The molecule has 1 rings (SSSR count). The molecular formula is C9H9NO4. The van der Waals surface area contributed by atoms with Gasteiger partial charge in [0.1, 0.15) is 0 Å². The Bertz CT molecular complexity index is 412. The molecule has 1 heterocycles. The van der Waals surface area contributed by atoms with Crippen LogP contribution in [0.4, 0.5) is 0 Å². The lowest BCUT2D eigenvalue weighted by molar-refractivity contribution is 0.0689. The minimum Gasteiger partial charge on any atom is -0.478 e.